The first kappa shape index (κ1) is 13.7. The molecule has 0 fully saturated rings. The second-order valence-corrected chi connectivity index (χ2v) is 6.50. The van der Waals surface area contributed by atoms with Crippen LogP contribution in [0.5, 0.6) is 0 Å². The van der Waals surface area contributed by atoms with Gasteiger partial charge in [-0.1, -0.05) is 19.1 Å². The zero-order chi connectivity index (χ0) is 14.3. The van der Waals surface area contributed by atoms with Crippen LogP contribution >= 0.6 is 11.3 Å². The van der Waals surface area contributed by atoms with Crippen molar-refractivity contribution in [2.24, 2.45) is 0 Å². The Morgan fingerprint density at radius 1 is 1.45 bits per heavy atom. The molecule has 1 aromatic carbocycles. The lowest BCUT2D eigenvalue weighted by atomic mass is 9.92. The number of nitrogens with one attached hydrogen (secondary N) is 1. The van der Waals surface area contributed by atoms with Crippen molar-refractivity contribution in [1.29, 1.82) is 0 Å². The van der Waals surface area contributed by atoms with Gasteiger partial charge in [0.2, 0.25) is 0 Å². The van der Waals surface area contributed by atoms with Gasteiger partial charge in [-0.25, -0.2) is 9.37 Å². The third-order valence-corrected chi connectivity index (χ3v) is 5.52. The predicted molar refractivity (Wildman–Crippen MR) is 80.8 cm³/mol. The van der Waals surface area contributed by atoms with E-state index in [0.29, 0.717) is 0 Å². The lowest BCUT2D eigenvalue weighted by Crippen LogP contribution is -2.39. The van der Waals surface area contributed by atoms with Gasteiger partial charge in [0, 0.05) is 4.88 Å². The van der Waals surface area contributed by atoms with E-state index in [1.54, 1.807) is 23.5 Å². The van der Waals surface area contributed by atoms with E-state index in [4.69, 9.17) is 4.98 Å². The highest BCUT2D eigenvalue weighted by Crippen LogP contribution is 2.44. The number of hydrogen-bond acceptors (Lipinski definition) is 3. The van der Waals surface area contributed by atoms with E-state index in [2.05, 4.69) is 19.2 Å². The van der Waals surface area contributed by atoms with Crippen LogP contribution in [0.2, 0.25) is 0 Å². The van der Waals surface area contributed by atoms with Gasteiger partial charge in [-0.3, -0.25) is 0 Å². The highest BCUT2D eigenvalue weighted by molar-refractivity contribution is 7.11. The van der Waals surface area contributed by atoms with Gasteiger partial charge >= 0.3 is 0 Å². The van der Waals surface area contributed by atoms with Crippen LogP contribution in [0, 0.1) is 12.7 Å². The minimum atomic E-state index is -0.319. The quantitative estimate of drug-likeness (QED) is 0.935. The number of benzene rings is 1. The Bertz CT molecular complexity index is 650. The Morgan fingerprint density at radius 2 is 2.25 bits per heavy atom. The Kier molecular flexibility index (Phi) is 3.38. The highest BCUT2D eigenvalue weighted by Gasteiger charge is 2.42. The molecule has 0 spiro atoms. The summed E-state index contributed by atoms with van der Waals surface area (Å²) in [6.45, 7) is 4.24. The minimum absolute atomic E-state index is 0.0939. The van der Waals surface area contributed by atoms with Gasteiger partial charge in [0.1, 0.15) is 10.8 Å². The van der Waals surface area contributed by atoms with Gasteiger partial charge in [0.25, 0.3) is 0 Å². The van der Waals surface area contributed by atoms with E-state index in [1.807, 2.05) is 13.1 Å². The molecule has 1 N–H and O–H groups in total. The number of aryl methyl sites for hydroxylation is 2. The molecule has 106 valence electrons. The zero-order valence-corrected chi connectivity index (χ0v) is 12.9. The Labute approximate surface area is 123 Å². The normalized spacial score (nSPS) is 21.2. The fraction of sp³-hybridized carbons (Fsp3) is 0.438. The van der Waals surface area contributed by atoms with Crippen LogP contribution in [-0.4, -0.2) is 12.0 Å². The van der Waals surface area contributed by atoms with E-state index in [9.17, 15) is 4.39 Å². The van der Waals surface area contributed by atoms with Gasteiger partial charge in [-0.05, 0) is 50.4 Å². The summed E-state index contributed by atoms with van der Waals surface area (Å²) >= 11 is 1.73. The molecule has 1 aromatic heterocycles. The van der Waals surface area contributed by atoms with Gasteiger partial charge < -0.3 is 5.32 Å². The highest BCUT2D eigenvalue weighted by atomic mass is 32.1. The molecular weight excluding hydrogens is 271 g/mol. The molecule has 1 aliphatic carbocycles. The fourth-order valence-electron chi connectivity index (χ4n) is 3.19. The minimum Gasteiger partial charge on any atom is -0.305 e. The van der Waals surface area contributed by atoms with Crippen LogP contribution in [0.15, 0.2) is 18.2 Å². The molecule has 2 aromatic rings. The van der Waals surface area contributed by atoms with Crippen LogP contribution in [0.4, 0.5) is 4.39 Å². The molecule has 0 amide bonds. The maximum atomic E-state index is 14.0. The number of rotatable bonds is 3. The first-order valence-corrected chi connectivity index (χ1v) is 7.87. The van der Waals surface area contributed by atoms with E-state index in [0.717, 1.165) is 41.1 Å². The van der Waals surface area contributed by atoms with Crippen molar-refractivity contribution in [2.45, 2.75) is 38.6 Å². The number of fused-ring (bicyclic) bond motifs is 1. The molecule has 0 aliphatic heterocycles. The first-order chi connectivity index (χ1) is 9.62. The standard InChI is InChI=1S/C16H19FN2S/c1-4-14-10(2)20-15(19-14)16(18-3)9-8-11-12(16)6-5-7-13(11)17/h5-7,18H,4,8-9H2,1-3H3. The van der Waals surface area contributed by atoms with Crippen molar-refractivity contribution in [1.82, 2.24) is 10.3 Å². The van der Waals surface area contributed by atoms with Crippen LogP contribution in [0.1, 0.15) is 40.1 Å². The van der Waals surface area contributed by atoms with Crippen molar-refractivity contribution in [3.8, 4) is 0 Å². The van der Waals surface area contributed by atoms with E-state index >= 15 is 0 Å². The molecule has 1 heterocycles. The summed E-state index contributed by atoms with van der Waals surface area (Å²) in [5.41, 5.74) is 2.73. The number of nitrogens with zero attached hydrogens (tertiary/aromatic N) is 1. The number of thiazole rings is 1. The summed E-state index contributed by atoms with van der Waals surface area (Å²) in [5, 5.41) is 4.49. The molecule has 1 aliphatic rings. The Balaban J connectivity index is 2.17. The predicted octanol–water partition coefficient (Wildman–Crippen LogP) is 3.56. The number of halogens is 1. The molecule has 20 heavy (non-hydrogen) atoms. The van der Waals surface area contributed by atoms with Crippen molar-refractivity contribution in [3.05, 3.63) is 50.7 Å². The molecular formula is C16H19FN2S. The molecule has 3 rings (SSSR count). The monoisotopic (exact) mass is 290 g/mol. The summed E-state index contributed by atoms with van der Waals surface area (Å²) in [5.74, 6) is -0.0939. The number of aromatic nitrogens is 1. The lowest BCUT2D eigenvalue weighted by Gasteiger charge is -2.28. The molecule has 1 unspecified atom stereocenters. The first-order valence-electron chi connectivity index (χ1n) is 7.06. The molecule has 4 heteroatoms. The smallest absolute Gasteiger partial charge is 0.126 e. The van der Waals surface area contributed by atoms with Gasteiger partial charge in [0.15, 0.2) is 0 Å². The van der Waals surface area contributed by atoms with Crippen LogP contribution in [0.3, 0.4) is 0 Å². The third kappa shape index (κ3) is 1.82. The average Bonchev–Trinajstić information content (AvgIpc) is 3.01. The summed E-state index contributed by atoms with van der Waals surface area (Å²) in [4.78, 5) is 6.08. The van der Waals surface area contributed by atoms with Crippen molar-refractivity contribution in [3.63, 3.8) is 0 Å². The average molecular weight is 290 g/mol. The molecule has 0 bridgehead atoms. The van der Waals surface area contributed by atoms with Gasteiger partial charge in [-0.2, -0.15) is 0 Å². The van der Waals surface area contributed by atoms with E-state index in [-0.39, 0.29) is 11.4 Å². The Hall–Kier alpha value is -1.26. The zero-order valence-electron chi connectivity index (χ0n) is 12.1. The van der Waals surface area contributed by atoms with Crippen LogP contribution in [-0.2, 0) is 18.4 Å². The largest absolute Gasteiger partial charge is 0.305 e. The number of hydrogen-bond donors (Lipinski definition) is 1. The van der Waals surface area contributed by atoms with Crippen molar-refractivity contribution < 1.29 is 4.39 Å². The fourth-order valence-corrected chi connectivity index (χ4v) is 4.43. The van der Waals surface area contributed by atoms with Gasteiger partial charge in [0.05, 0.1) is 11.2 Å². The van der Waals surface area contributed by atoms with E-state index in [1.165, 1.54) is 4.88 Å². The molecule has 1 atom stereocenters. The lowest BCUT2D eigenvalue weighted by molar-refractivity contribution is 0.433. The summed E-state index contributed by atoms with van der Waals surface area (Å²) in [7, 11) is 1.95. The van der Waals surface area contributed by atoms with Crippen molar-refractivity contribution in [2.75, 3.05) is 7.05 Å². The topological polar surface area (TPSA) is 24.9 Å². The van der Waals surface area contributed by atoms with Crippen LogP contribution in [0.25, 0.3) is 0 Å². The maximum absolute atomic E-state index is 14.0. The van der Waals surface area contributed by atoms with E-state index < -0.39 is 0 Å². The molecule has 0 radical (unpaired) electrons. The van der Waals surface area contributed by atoms with Crippen molar-refractivity contribution >= 4 is 11.3 Å². The van der Waals surface area contributed by atoms with Crippen LogP contribution < -0.4 is 5.32 Å². The molecule has 0 saturated heterocycles. The molecule has 0 saturated carbocycles. The third-order valence-electron chi connectivity index (χ3n) is 4.35. The SMILES string of the molecule is CCc1nc(C2(NC)CCc3c(F)cccc32)sc1C. The van der Waals surface area contributed by atoms with Gasteiger partial charge in [-0.15, -0.1) is 11.3 Å². The second-order valence-electron chi connectivity index (χ2n) is 5.30. The summed E-state index contributed by atoms with van der Waals surface area (Å²) < 4.78 is 14.0. The second kappa shape index (κ2) is 4.93. The maximum Gasteiger partial charge on any atom is 0.126 e. The summed E-state index contributed by atoms with van der Waals surface area (Å²) in [6, 6.07) is 5.38. The Morgan fingerprint density at radius 3 is 2.90 bits per heavy atom. The molecule has 2 nitrogen and oxygen atoms in total. The summed E-state index contributed by atoms with van der Waals surface area (Å²) in [6.07, 6.45) is 2.58.